The molecule has 0 aliphatic carbocycles. The van der Waals surface area contributed by atoms with Gasteiger partial charge >= 0.3 is 0 Å². The van der Waals surface area contributed by atoms with Crippen LogP contribution in [0.15, 0.2) is 0 Å². The number of hydrogen-bond acceptors (Lipinski definition) is 5. The molecule has 0 aromatic rings. The first-order chi connectivity index (χ1) is 5.83. The highest BCUT2D eigenvalue weighted by Gasteiger charge is 2.22. The molecule has 0 saturated heterocycles. The molecule has 0 spiro atoms. The van der Waals surface area contributed by atoms with E-state index in [0.717, 1.165) is 6.26 Å². The quantitative estimate of drug-likeness (QED) is 0.507. The maximum Gasteiger partial charge on any atom is 0.264 e. The van der Waals surface area contributed by atoms with Crippen LogP contribution in [0, 0.1) is 0 Å². The van der Waals surface area contributed by atoms with Gasteiger partial charge in [-0.3, -0.25) is 8.75 Å². The lowest BCUT2D eigenvalue weighted by Gasteiger charge is -2.14. The van der Waals surface area contributed by atoms with Gasteiger partial charge in [0.15, 0.2) is 0 Å². The van der Waals surface area contributed by atoms with E-state index in [1.807, 2.05) is 0 Å². The molecule has 0 N–H and O–H groups in total. The summed E-state index contributed by atoms with van der Waals surface area (Å²) >= 11 is 0. The van der Waals surface area contributed by atoms with Gasteiger partial charge in [-0.05, 0) is 6.92 Å². The fourth-order valence-corrected chi connectivity index (χ4v) is 2.95. The van der Waals surface area contributed by atoms with Gasteiger partial charge in [0.05, 0.1) is 12.9 Å². The predicted octanol–water partition coefficient (Wildman–Crippen LogP) is 1.25. The maximum atomic E-state index is 11.6. The van der Waals surface area contributed by atoms with Crippen molar-refractivity contribution in [1.82, 2.24) is 0 Å². The van der Waals surface area contributed by atoms with Crippen molar-refractivity contribution < 1.29 is 21.7 Å². The average Bonchev–Trinajstić information content (AvgIpc) is 2.01. The Labute approximate surface area is 79.0 Å². The van der Waals surface area contributed by atoms with E-state index in [9.17, 15) is 13.0 Å². The molecule has 7 heteroatoms. The van der Waals surface area contributed by atoms with Crippen LogP contribution >= 0.6 is 7.37 Å². The smallest absolute Gasteiger partial charge is 0.264 e. The summed E-state index contributed by atoms with van der Waals surface area (Å²) in [5.41, 5.74) is 0. The van der Waals surface area contributed by atoms with E-state index in [4.69, 9.17) is 4.52 Å². The maximum absolute atomic E-state index is 11.6. The lowest BCUT2D eigenvalue weighted by atomic mass is 10.9. The third kappa shape index (κ3) is 6.21. The molecule has 1 unspecified atom stereocenters. The number of hydrogen-bond donors (Lipinski definition) is 0. The van der Waals surface area contributed by atoms with E-state index >= 15 is 0 Å². The van der Waals surface area contributed by atoms with Gasteiger partial charge in [0.25, 0.3) is 10.1 Å². The molecule has 0 saturated carbocycles. The van der Waals surface area contributed by atoms with Crippen molar-refractivity contribution >= 4 is 17.5 Å². The van der Waals surface area contributed by atoms with Crippen LogP contribution in [0.1, 0.15) is 13.8 Å². The van der Waals surface area contributed by atoms with E-state index in [2.05, 4.69) is 4.18 Å². The highest BCUT2D eigenvalue weighted by Crippen LogP contribution is 2.46. The van der Waals surface area contributed by atoms with Crippen molar-refractivity contribution in [1.29, 1.82) is 0 Å². The van der Waals surface area contributed by atoms with E-state index in [-0.39, 0.29) is 19.1 Å². The summed E-state index contributed by atoms with van der Waals surface area (Å²) in [4.78, 5) is 0. The van der Waals surface area contributed by atoms with Gasteiger partial charge in [-0.1, -0.05) is 6.92 Å². The summed E-state index contributed by atoms with van der Waals surface area (Å²) in [5, 5.41) is 0. The average molecular weight is 230 g/mol. The van der Waals surface area contributed by atoms with Crippen LogP contribution in [0.5, 0.6) is 0 Å². The van der Waals surface area contributed by atoms with Crippen molar-refractivity contribution in [2.45, 2.75) is 13.8 Å². The molecular formula is C6H15O5PS. The Morgan fingerprint density at radius 3 is 2.15 bits per heavy atom. The van der Waals surface area contributed by atoms with E-state index in [1.165, 1.54) is 0 Å². The Morgan fingerprint density at radius 2 is 1.85 bits per heavy atom. The monoisotopic (exact) mass is 230 g/mol. The zero-order chi connectivity index (χ0) is 10.5. The minimum absolute atomic E-state index is 0.274. The van der Waals surface area contributed by atoms with Crippen LogP contribution < -0.4 is 0 Å². The first kappa shape index (κ1) is 13.1. The van der Waals surface area contributed by atoms with Crippen molar-refractivity contribution in [2.75, 3.05) is 25.4 Å². The lowest BCUT2D eigenvalue weighted by Crippen LogP contribution is -2.07. The van der Waals surface area contributed by atoms with Crippen molar-refractivity contribution in [3.8, 4) is 0 Å². The topological polar surface area (TPSA) is 69.7 Å². The van der Waals surface area contributed by atoms with Crippen LogP contribution in [-0.4, -0.2) is 33.8 Å². The molecule has 0 heterocycles. The molecular weight excluding hydrogens is 215 g/mol. The molecule has 13 heavy (non-hydrogen) atoms. The second kappa shape index (κ2) is 5.10. The summed E-state index contributed by atoms with van der Waals surface area (Å²) in [6.07, 6.45) is 0.825. The highest BCUT2D eigenvalue weighted by atomic mass is 32.2. The molecule has 0 bridgehead atoms. The standard InChI is InChI=1S/C6H15O5PS/c1-4-10-12(7,5-2)6-11-13(3,8)9/h4-6H2,1-3H3. The number of rotatable bonds is 6. The predicted molar refractivity (Wildman–Crippen MR) is 50.6 cm³/mol. The van der Waals surface area contributed by atoms with Gasteiger partial charge in [0.2, 0.25) is 7.37 Å². The fraction of sp³-hybridized carbons (Fsp3) is 1.00. The van der Waals surface area contributed by atoms with E-state index in [1.54, 1.807) is 13.8 Å². The van der Waals surface area contributed by atoms with E-state index < -0.39 is 17.5 Å². The molecule has 0 aromatic heterocycles. The van der Waals surface area contributed by atoms with Gasteiger partial charge in [-0.25, -0.2) is 0 Å². The van der Waals surface area contributed by atoms with Crippen molar-refractivity contribution in [3.05, 3.63) is 0 Å². The van der Waals surface area contributed by atoms with Crippen LogP contribution in [0.4, 0.5) is 0 Å². The minimum atomic E-state index is -3.54. The van der Waals surface area contributed by atoms with Crippen LogP contribution in [-0.2, 0) is 23.4 Å². The van der Waals surface area contributed by atoms with Gasteiger partial charge < -0.3 is 4.52 Å². The van der Waals surface area contributed by atoms with Gasteiger partial charge in [-0.2, -0.15) is 8.42 Å². The Balaban J connectivity index is 4.22. The molecule has 0 aliphatic rings. The Morgan fingerprint density at radius 1 is 1.31 bits per heavy atom. The second-order valence-corrected chi connectivity index (χ2v) is 6.92. The second-order valence-electron chi connectivity index (χ2n) is 2.50. The third-order valence-electron chi connectivity index (χ3n) is 1.31. The Kier molecular flexibility index (Phi) is 5.14. The molecule has 1 atom stereocenters. The zero-order valence-electron chi connectivity index (χ0n) is 8.02. The summed E-state index contributed by atoms with van der Waals surface area (Å²) in [6, 6.07) is 0. The molecule has 0 rings (SSSR count). The molecule has 80 valence electrons. The first-order valence-corrected chi connectivity index (χ1v) is 7.71. The van der Waals surface area contributed by atoms with Gasteiger partial charge in [0, 0.05) is 6.16 Å². The molecule has 0 aromatic carbocycles. The van der Waals surface area contributed by atoms with Crippen LogP contribution in [0.2, 0.25) is 0 Å². The summed E-state index contributed by atoms with van der Waals surface area (Å²) in [7, 11) is -6.44. The zero-order valence-corrected chi connectivity index (χ0v) is 9.73. The molecule has 0 fully saturated rings. The largest absolute Gasteiger partial charge is 0.327 e. The Bertz CT molecular complexity index is 283. The molecule has 0 aliphatic heterocycles. The summed E-state index contributed by atoms with van der Waals surface area (Å²) in [5.74, 6) is 0. The van der Waals surface area contributed by atoms with E-state index in [0.29, 0.717) is 0 Å². The molecule has 5 nitrogen and oxygen atoms in total. The molecule has 0 amide bonds. The van der Waals surface area contributed by atoms with Crippen molar-refractivity contribution in [3.63, 3.8) is 0 Å². The normalized spacial score (nSPS) is 16.8. The van der Waals surface area contributed by atoms with Gasteiger partial charge in [-0.15, -0.1) is 0 Å². The minimum Gasteiger partial charge on any atom is -0.327 e. The molecule has 0 radical (unpaired) electrons. The third-order valence-corrected chi connectivity index (χ3v) is 4.25. The first-order valence-electron chi connectivity index (χ1n) is 3.90. The highest BCUT2D eigenvalue weighted by molar-refractivity contribution is 7.86. The van der Waals surface area contributed by atoms with Crippen LogP contribution in [0.25, 0.3) is 0 Å². The summed E-state index contributed by atoms with van der Waals surface area (Å²) in [6.45, 7) is 3.66. The van der Waals surface area contributed by atoms with Crippen LogP contribution in [0.3, 0.4) is 0 Å². The lowest BCUT2D eigenvalue weighted by molar-refractivity contribution is 0.296. The fourth-order valence-electron chi connectivity index (χ4n) is 0.631. The SMILES string of the molecule is CCOP(=O)(CC)COS(C)(=O)=O. The van der Waals surface area contributed by atoms with Crippen molar-refractivity contribution in [2.24, 2.45) is 0 Å². The summed E-state index contributed by atoms with van der Waals surface area (Å²) < 4.78 is 42.2. The Hall–Kier alpha value is 0.100. The van der Waals surface area contributed by atoms with Gasteiger partial charge in [0.1, 0.15) is 6.35 Å².